The van der Waals surface area contributed by atoms with Crippen molar-refractivity contribution < 1.29 is 9.52 Å². The lowest BCUT2D eigenvalue weighted by Crippen LogP contribution is -1.84. The lowest BCUT2D eigenvalue weighted by Gasteiger charge is -1.92. The molecule has 0 atom stereocenters. The van der Waals surface area contributed by atoms with Gasteiger partial charge >= 0.3 is 0 Å². The molecule has 0 radical (unpaired) electrons. The van der Waals surface area contributed by atoms with Crippen LogP contribution in [-0.4, -0.2) is 10.1 Å². The van der Waals surface area contributed by atoms with E-state index in [1.165, 1.54) is 6.39 Å². The van der Waals surface area contributed by atoms with Crippen LogP contribution in [0.15, 0.2) is 26.0 Å². The van der Waals surface area contributed by atoms with Crippen LogP contribution in [0, 0.1) is 0 Å². The van der Waals surface area contributed by atoms with Crippen molar-refractivity contribution in [1.82, 2.24) is 4.98 Å². The molecule has 0 unspecified atom stereocenters. The maximum Gasteiger partial charge on any atom is 0.181 e. The van der Waals surface area contributed by atoms with Crippen LogP contribution < -0.4 is 0 Å². The van der Waals surface area contributed by atoms with Crippen molar-refractivity contribution in [3.8, 4) is 11.3 Å². The van der Waals surface area contributed by atoms with Gasteiger partial charge in [-0.25, -0.2) is 4.98 Å². The number of hydrogen-bond acceptors (Lipinski definition) is 4. The molecule has 2 aromatic heterocycles. The number of oxazole rings is 1. The molecule has 5 heteroatoms. The molecular formula is C8H6BrNO2S. The zero-order valence-electron chi connectivity index (χ0n) is 6.53. The van der Waals surface area contributed by atoms with Crippen LogP contribution in [0.5, 0.6) is 0 Å². The molecule has 0 aliphatic rings. The Morgan fingerprint density at radius 3 is 3.08 bits per heavy atom. The third-order valence-electron chi connectivity index (χ3n) is 1.62. The Labute approximate surface area is 87.2 Å². The molecule has 0 amide bonds. The maximum atomic E-state index is 8.94. The third kappa shape index (κ3) is 1.67. The number of rotatable bonds is 2. The molecule has 0 bridgehead atoms. The predicted octanol–water partition coefficient (Wildman–Crippen LogP) is 2.66. The van der Waals surface area contributed by atoms with Crippen molar-refractivity contribution in [3.05, 3.63) is 27.3 Å². The lowest BCUT2D eigenvalue weighted by atomic mass is 10.2. The Balaban J connectivity index is 2.45. The largest absolute Gasteiger partial charge is 0.443 e. The summed E-state index contributed by atoms with van der Waals surface area (Å²) < 4.78 is 6.20. The minimum atomic E-state index is -0.0979. The first kappa shape index (κ1) is 8.93. The van der Waals surface area contributed by atoms with Crippen LogP contribution in [0.1, 0.15) is 5.69 Å². The molecule has 0 aliphatic heterocycles. The van der Waals surface area contributed by atoms with Gasteiger partial charge in [0.25, 0.3) is 0 Å². The molecule has 3 nitrogen and oxygen atoms in total. The summed E-state index contributed by atoms with van der Waals surface area (Å²) in [5.41, 5.74) is 1.52. The highest BCUT2D eigenvalue weighted by molar-refractivity contribution is 9.11. The quantitative estimate of drug-likeness (QED) is 0.902. The lowest BCUT2D eigenvalue weighted by molar-refractivity contribution is 0.277. The predicted molar refractivity (Wildman–Crippen MR) is 53.4 cm³/mol. The summed E-state index contributed by atoms with van der Waals surface area (Å²) >= 11 is 4.93. The Morgan fingerprint density at radius 2 is 2.46 bits per heavy atom. The molecular weight excluding hydrogens is 254 g/mol. The van der Waals surface area contributed by atoms with Crippen LogP contribution in [0.3, 0.4) is 0 Å². The topological polar surface area (TPSA) is 46.3 Å². The van der Waals surface area contributed by atoms with Crippen molar-refractivity contribution in [3.63, 3.8) is 0 Å². The van der Waals surface area contributed by atoms with E-state index in [1.54, 1.807) is 11.3 Å². The van der Waals surface area contributed by atoms with E-state index in [4.69, 9.17) is 9.52 Å². The van der Waals surface area contributed by atoms with Gasteiger partial charge in [0.1, 0.15) is 5.69 Å². The molecule has 2 heterocycles. The van der Waals surface area contributed by atoms with Crippen LogP contribution in [0.2, 0.25) is 0 Å². The van der Waals surface area contributed by atoms with Gasteiger partial charge in [-0.15, -0.1) is 11.3 Å². The van der Waals surface area contributed by atoms with Gasteiger partial charge < -0.3 is 9.52 Å². The highest BCUT2D eigenvalue weighted by Crippen LogP contribution is 2.30. The summed E-state index contributed by atoms with van der Waals surface area (Å²) in [5, 5.41) is 10.9. The Bertz CT molecular complexity index is 410. The fourth-order valence-corrected chi connectivity index (χ4v) is 2.18. The van der Waals surface area contributed by atoms with Crippen molar-refractivity contribution in [2.45, 2.75) is 6.61 Å². The van der Waals surface area contributed by atoms with Crippen LogP contribution in [0.25, 0.3) is 11.3 Å². The standard InChI is InChI=1S/C8H6BrNO2S/c9-7-1-5(3-13-7)8-6(2-11)10-4-12-8/h1,3-4,11H,2H2. The molecule has 0 aliphatic carbocycles. The smallest absolute Gasteiger partial charge is 0.181 e. The number of halogens is 1. The van der Waals surface area contributed by atoms with Crippen molar-refractivity contribution in [1.29, 1.82) is 0 Å². The van der Waals surface area contributed by atoms with Gasteiger partial charge in [0.2, 0.25) is 0 Å². The minimum absolute atomic E-state index is 0.0979. The molecule has 0 fully saturated rings. The van der Waals surface area contributed by atoms with E-state index in [0.717, 1.165) is 9.35 Å². The molecule has 2 aromatic rings. The third-order valence-corrected chi connectivity index (χ3v) is 3.13. The Kier molecular flexibility index (Phi) is 2.48. The number of thiophene rings is 1. The average molecular weight is 260 g/mol. The Morgan fingerprint density at radius 1 is 1.62 bits per heavy atom. The monoisotopic (exact) mass is 259 g/mol. The normalized spacial score (nSPS) is 10.6. The van der Waals surface area contributed by atoms with Gasteiger partial charge in [-0.1, -0.05) is 0 Å². The first-order valence-corrected chi connectivity index (χ1v) is 5.26. The van der Waals surface area contributed by atoms with E-state index in [0.29, 0.717) is 11.5 Å². The fourth-order valence-electron chi connectivity index (χ4n) is 1.05. The summed E-state index contributed by atoms with van der Waals surface area (Å²) in [4.78, 5) is 3.89. The number of nitrogens with zero attached hydrogens (tertiary/aromatic N) is 1. The molecule has 1 N–H and O–H groups in total. The van der Waals surface area contributed by atoms with Crippen LogP contribution in [0.4, 0.5) is 0 Å². The van der Waals surface area contributed by atoms with Crippen LogP contribution in [-0.2, 0) is 6.61 Å². The molecule has 0 spiro atoms. The maximum absolute atomic E-state index is 8.94. The molecule has 0 aromatic carbocycles. The zero-order valence-corrected chi connectivity index (χ0v) is 8.93. The summed E-state index contributed by atoms with van der Waals surface area (Å²) in [6.45, 7) is -0.0979. The molecule has 68 valence electrons. The van der Waals surface area contributed by atoms with Crippen molar-refractivity contribution >= 4 is 27.3 Å². The van der Waals surface area contributed by atoms with E-state index in [9.17, 15) is 0 Å². The molecule has 13 heavy (non-hydrogen) atoms. The number of aromatic nitrogens is 1. The molecule has 0 saturated carbocycles. The number of hydrogen-bond donors (Lipinski definition) is 1. The van der Waals surface area contributed by atoms with Gasteiger partial charge in [0.15, 0.2) is 12.2 Å². The van der Waals surface area contributed by atoms with Gasteiger partial charge in [-0.05, 0) is 22.0 Å². The summed E-state index contributed by atoms with van der Waals surface area (Å²) in [7, 11) is 0. The highest BCUT2D eigenvalue weighted by Gasteiger charge is 2.10. The van der Waals surface area contributed by atoms with E-state index in [2.05, 4.69) is 20.9 Å². The second kappa shape index (κ2) is 3.61. The SMILES string of the molecule is OCc1ncoc1-c1csc(Br)c1. The first-order valence-electron chi connectivity index (χ1n) is 3.59. The van der Waals surface area contributed by atoms with Gasteiger partial charge in [0.05, 0.1) is 10.4 Å². The van der Waals surface area contributed by atoms with Gasteiger partial charge in [-0.3, -0.25) is 0 Å². The Hall–Kier alpha value is -0.650. The van der Waals surface area contributed by atoms with Crippen molar-refractivity contribution in [2.75, 3.05) is 0 Å². The fraction of sp³-hybridized carbons (Fsp3) is 0.125. The zero-order chi connectivity index (χ0) is 9.26. The second-order valence-corrected chi connectivity index (χ2v) is 4.72. The molecule has 0 saturated heterocycles. The van der Waals surface area contributed by atoms with Gasteiger partial charge in [0, 0.05) is 10.9 Å². The summed E-state index contributed by atoms with van der Waals surface area (Å²) in [5.74, 6) is 0.643. The van der Waals surface area contributed by atoms with E-state index in [-0.39, 0.29) is 6.61 Å². The first-order chi connectivity index (χ1) is 6.31. The minimum Gasteiger partial charge on any atom is -0.443 e. The van der Waals surface area contributed by atoms with E-state index < -0.39 is 0 Å². The highest BCUT2D eigenvalue weighted by atomic mass is 79.9. The second-order valence-electron chi connectivity index (χ2n) is 2.43. The average Bonchev–Trinajstić information content (AvgIpc) is 2.71. The van der Waals surface area contributed by atoms with E-state index in [1.807, 2.05) is 11.4 Å². The van der Waals surface area contributed by atoms with Crippen molar-refractivity contribution in [2.24, 2.45) is 0 Å². The number of aliphatic hydroxyl groups excluding tert-OH is 1. The summed E-state index contributed by atoms with van der Waals surface area (Å²) in [6, 6.07) is 1.93. The van der Waals surface area contributed by atoms with E-state index >= 15 is 0 Å². The molecule has 2 rings (SSSR count). The van der Waals surface area contributed by atoms with Gasteiger partial charge in [-0.2, -0.15) is 0 Å². The summed E-state index contributed by atoms with van der Waals surface area (Å²) in [6.07, 6.45) is 1.34. The number of aliphatic hydroxyl groups is 1. The van der Waals surface area contributed by atoms with Crippen LogP contribution >= 0.6 is 27.3 Å².